The lowest BCUT2D eigenvalue weighted by Crippen LogP contribution is -2.39. The Hall–Kier alpha value is -0.560. The van der Waals surface area contributed by atoms with Gasteiger partial charge in [0.1, 0.15) is 0 Å². The molecular weight excluding hydrogens is 294 g/mol. The maximum atomic E-state index is 11.6. The minimum absolute atomic E-state index is 0.0552. The van der Waals surface area contributed by atoms with Crippen molar-refractivity contribution < 1.29 is 13.5 Å². The van der Waals surface area contributed by atoms with Crippen molar-refractivity contribution in [2.45, 2.75) is 24.3 Å². The molecule has 20 heavy (non-hydrogen) atoms. The number of hydrogen-bond donors (Lipinski definition) is 1. The molecule has 1 aliphatic rings. The van der Waals surface area contributed by atoms with Gasteiger partial charge in [0.05, 0.1) is 12.9 Å². The summed E-state index contributed by atoms with van der Waals surface area (Å²) in [7, 11) is -3.06. The fourth-order valence-electron chi connectivity index (χ4n) is 2.41. The van der Waals surface area contributed by atoms with Gasteiger partial charge in [-0.15, -0.1) is 11.8 Å². The van der Waals surface area contributed by atoms with Gasteiger partial charge in [0.2, 0.25) is 10.0 Å². The second kappa shape index (κ2) is 6.93. The van der Waals surface area contributed by atoms with Gasteiger partial charge in [-0.1, -0.05) is 12.1 Å². The van der Waals surface area contributed by atoms with Gasteiger partial charge in [0.25, 0.3) is 0 Å². The molecule has 6 heteroatoms. The smallest absolute Gasteiger partial charge is 0.211 e. The predicted octanol–water partition coefficient (Wildman–Crippen LogP) is 1.94. The van der Waals surface area contributed by atoms with Gasteiger partial charge < -0.3 is 5.11 Å². The molecule has 0 aliphatic carbocycles. The van der Waals surface area contributed by atoms with Crippen molar-refractivity contribution in [2.24, 2.45) is 5.92 Å². The second-order valence-corrected chi connectivity index (χ2v) is 8.32. The first-order valence-electron chi connectivity index (χ1n) is 6.77. The van der Waals surface area contributed by atoms with E-state index in [9.17, 15) is 8.42 Å². The zero-order chi connectivity index (χ0) is 14.6. The molecule has 112 valence electrons. The highest BCUT2D eigenvalue weighted by molar-refractivity contribution is 7.99. The molecule has 1 aromatic carbocycles. The molecule has 1 heterocycles. The van der Waals surface area contributed by atoms with Crippen molar-refractivity contribution in [1.29, 1.82) is 0 Å². The van der Waals surface area contributed by atoms with Crippen molar-refractivity contribution in [3.8, 4) is 0 Å². The Bertz CT molecular complexity index is 545. The van der Waals surface area contributed by atoms with E-state index in [1.165, 1.54) is 6.26 Å². The molecule has 0 saturated carbocycles. The Kier molecular flexibility index (Phi) is 5.49. The SMILES string of the molecule is CS(=O)(=O)N1CCCC(CSc2cccc(CO)c2)C1. The monoisotopic (exact) mass is 315 g/mol. The first kappa shape index (κ1) is 15.8. The molecule has 0 spiro atoms. The van der Waals surface area contributed by atoms with E-state index in [1.54, 1.807) is 16.1 Å². The van der Waals surface area contributed by atoms with Crippen molar-refractivity contribution in [3.05, 3.63) is 29.8 Å². The van der Waals surface area contributed by atoms with Crippen LogP contribution < -0.4 is 0 Å². The number of benzene rings is 1. The van der Waals surface area contributed by atoms with E-state index >= 15 is 0 Å². The molecule has 0 bridgehead atoms. The number of piperidine rings is 1. The predicted molar refractivity (Wildman–Crippen MR) is 82.2 cm³/mol. The number of rotatable bonds is 5. The minimum Gasteiger partial charge on any atom is -0.392 e. The van der Waals surface area contributed by atoms with E-state index in [0.29, 0.717) is 19.0 Å². The number of aliphatic hydroxyl groups excluding tert-OH is 1. The molecule has 1 aromatic rings. The van der Waals surface area contributed by atoms with Crippen LogP contribution in [-0.2, 0) is 16.6 Å². The minimum atomic E-state index is -3.06. The van der Waals surface area contributed by atoms with E-state index in [-0.39, 0.29) is 6.61 Å². The van der Waals surface area contributed by atoms with Crippen LogP contribution in [0.15, 0.2) is 29.2 Å². The first-order chi connectivity index (χ1) is 9.49. The number of nitrogens with zero attached hydrogens (tertiary/aromatic N) is 1. The summed E-state index contributed by atoms with van der Waals surface area (Å²) >= 11 is 1.74. The molecule has 1 unspecified atom stereocenters. The quantitative estimate of drug-likeness (QED) is 0.844. The van der Waals surface area contributed by atoms with Gasteiger partial charge in [0, 0.05) is 23.7 Å². The molecule has 0 amide bonds. The highest BCUT2D eigenvalue weighted by atomic mass is 32.2. The van der Waals surface area contributed by atoms with Gasteiger partial charge in [0.15, 0.2) is 0 Å². The summed E-state index contributed by atoms with van der Waals surface area (Å²) in [5.74, 6) is 1.32. The average Bonchev–Trinajstić information content (AvgIpc) is 2.45. The third kappa shape index (κ3) is 4.48. The third-order valence-electron chi connectivity index (χ3n) is 3.52. The lowest BCUT2D eigenvalue weighted by atomic mass is 10.0. The van der Waals surface area contributed by atoms with Crippen LogP contribution in [0.2, 0.25) is 0 Å². The van der Waals surface area contributed by atoms with Crippen molar-refractivity contribution in [1.82, 2.24) is 4.31 Å². The Morgan fingerprint density at radius 3 is 2.95 bits per heavy atom. The maximum absolute atomic E-state index is 11.6. The van der Waals surface area contributed by atoms with E-state index in [0.717, 1.165) is 29.1 Å². The van der Waals surface area contributed by atoms with Crippen LogP contribution in [0.5, 0.6) is 0 Å². The van der Waals surface area contributed by atoms with Crippen LogP contribution in [0, 0.1) is 5.92 Å². The average molecular weight is 315 g/mol. The van der Waals surface area contributed by atoms with Crippen LogP contribution >= 0.6 is 11.8 Å². The third-order valence-corrected chi connectivity index (χ3v) is 6.01. The number of hydrogen-bond acceptors (Lipinski definition) is 4. The molecule has 1 N–H and O–H groups in total. The highest BCUT2D eigenvalue weighted by Crippen LogP contribution is 2.27. The fourth-order valence-corrected chi connectivity index (χ4v) is 4.46. The first-order valence-corrected chi connectivity index (χ1v) is 9.60. The summed E-state index contributed by atoms with van der Waals surface area (Å²) in [6.07, 6.45) is 3.31. The van der Waals surface area contributed by atoms with Crippen LogP contribution in [-0.4, -0.2) is 42.9 Å². The Balaban J connectivity index is 1.90. The van der Waals surface area contributed by atoms with E-state index < -0.39 is 10.0 Å². The van der Waals surface area contributed by atoms with Gasteiger partial charge >= 0.3 is 0 Å². The summed E-state index contributed by atoms with van der Waals surface area (Å²) in [5.41, 5.74) is 0.913. The molecule has 4 nitrogen and oxygen atoms in total. The zero-order valence-electron chi connectivity index (χ0n) is 11.7. The van der Waals surface area contributed by atoms with Crippen LogP contribution in [0.1, 0.15) is 18.4 Å². The Morgan fingerprint density at radius 2 is 2.25 bits per heavy atom. The van der Waals surface area contributed by atoms with Crippen LogP contribution in [0.3, 0.4) is 0 Å². The summed E-state index contributed by atoms with van der Waals surface area (Å²) in [6, 6.07) is 7.86. The van der Waals surface area contributed by atoms with Crippen molar-refractivity contribution >= 4 is 21.8 Å². The highest BCUT2D eigenvalue weighted by Gasteiger charge is 2.25. The summed E-state index contributed by atoms with van der Waals surface area (Å²) < 4.78 is 24.8. The van der Waals surface area contributed by atoms with Gasteiger partial charge in [-0.05, 0) is 36.5 Å². The molecule has 1 fully saturated rings. The Morgan fingerprint density at radius 1 is 1.45 bits per heavy atom. The van der Waals surface area contributed by atoms with Gasteiger partial charge in [-0.2, -0.15) is 0 Å². The molecule has 1 atom stereocenters. The van der Waals surface area contributed by atoms with Crippen LogP contribution in [0.25, 0.3) is 0 Å². The molecule has 0 radical (unpaired) electrons. The van der Waals surface area contributed by atoms with E-state index in [1.807, 2.05) is 24.3 Å². The summed E-state index contributed by atoms with van der Waals surface area (Å²) in [4.78, 5) is 1.13. The van der Waals surface area contributed by atoms with Gasteiger partial charge in [-0.3, -0.25) is 0 Å². The van der Waals surface area contributed by atoms with Crippen LogP contribution in [0.4, 0.5) is 0 Å². The molecule has 1 saturated heterocycles. The summed E-state index contributed by atoms with van der Waals surface area (Å²) in [6.45, 7) is 1.34. The number of aliphatic hydroxyl groups is 1. The van der Waals surface area contributed by atoms with Gasteiger partial charge in [-0.25, -0.2) is 12.7 Å². The number of thioether (sulfide) groups is 1. The standard InChI is InChI=1S/C14H21NO3S2/c1-20(17,18)15-7-3-5-13(9-15)11-19-14-6-2-4-12(8-14)10-16/h2,4,6,8,13,16H,3,5,7,9-11H2,1H3. The van der Waals surface area contributed by atoms with E-state index in [4.69, 9.17) is 5.11 Å². The summed E-state index contributed by atoms with van der Waals surface area (Å²) in [5, 5.41) is 9.12. The lowest BCUT2D eigenvalue weighted by molar-refractivity contribution is 0.281. The molecule has 1 aliphatic heterocycles. The number of sulfonamides is 1. The molecule has 0 aromatic heterocycles. The Labute approximate surface area is 125 Å². The lowest BCUT2D eigenvalue weighted by Gasteiger charge is -2.30. The normalized spacial score (nSPS) is 21.0. The largest absolute Gasteiger partial charge is 0.392 e. The van der Waals surface area contributed by atoms with E-state index in [2.05, 4.69) is 0 Å². The molecule has 2 rings (SSSR count). The maximum Gasteiger partial charge on any atom is 0.211 e. The topological polar surface area (TPSA) is 57.6 Å². The second-order valence-electron chi connectivity index (χ2n) is 5.25. The molecular formula is C14H21NO3S2. The fraction of sp³-hybridized carbons (Fsp3) is 0.571. The van der Waals surface area contributed by atoms with Crippen molar-refractivity contribution in [3.63, 3.8) is 0 Å². The van der Waals surface area contributed by atoms with Crippen molar-refractivity contribution in [2.75, 3.05) is 25.1 Å². The zero-order valence-corrected chi connectivity index (χ0v) is 13.3.